The molecule has 0 saturated carbocycles. The number of carbonyl (C=O) groups is 1. The van der Waals surface area contributed by atoms with Crippen LogP contribution in [0.4, 0.5) is 0 Å². The van der Waals surface area contributed by atoms with E-state index in [1.165, 1.54) is 10.8 Å². The van der Waals surface area contributed by atoms with Gasteiger partial charge in [-0.2, -0.15) is 17.5 Å². The molecule has 4 radical (unpaired) electrons. The van der Waals surface area contributed by atoms with Crippen molar-refractivity contribution in [1.82, 2.24) is 0 Å². The van der Waals surface area contributed by atoms with E-state index in [0.717, 1.165) is 0 Å². The summed E-state index contributed by atoms with van der Waals surface area (Å²) in [6.45, 7) is 6.44. The Bertz CT molecular complexity index is 690. The number of benzene rings is 2. The number of carbonyl (C=O) groups excluding carboxylic acids is 1. The minimum Gasteiger partial charge on any atom is -0.852 e. The van der Waals surface area contributed by atoms with Gasteiger partial charge >= 0.3 is 21.7 Å². The predicted octanol–water partition coefficient (Wildman–Crippen LogP) is 4.47. The summed E-state index contributed by atoms with van der Waals surface area (Å²) >= 11 is 0. The van der Waals surface area contributed by atoms with Crippen molar-refractivity contribution in [3.8, 4) is 0 Å². The van der Waals surface area contributed by atoms with E-state index >= 15 is 0 Å². The Balaban J connectivity index is -0.0000000946. The molecule has 0 spiro atoms. The summed E-state index contributed by atoms with van der Waals surface area (Å²) in [7, 11) is 0. The molecule has 0 aliphatic carbocycles. The van der Waals surface area contributed by atoms with Crippen LogP contribution < -0.4 is 10.2 Å². The van der Waals surface area contributed by atoms with Gasteiger partial charge < -0.3 is 35.6 Å². The first-order chi connectivity index (χ1) is 12.2. The van der Waals surface area contributed by atoms with Gasteiger partial charge in [0.1, 0.15) is 0 Å². The second kappa shape index (κ2) is 23.6. The molecule has 0 aliphatic rings. The van der Waals surface area contributed by atoms with Gasteiger partial charge in [0.25, 0.3) is 0 Å². The van der Waals surface area contributed by atoms with Gasteiger partial charge in [0, 0.05) is 11.0 Å². The maximum atomic E-state index is 10.3. The molecule has 0 saturated heterocycles. The molecule has 3 rings (SSSR count). The molecule has 0 bridgehead atoms. The number of fused-ring (bicyclic) bond motifs is 1. The zero-order valence-corrected chi connectivity index (χ0v) is 21.4. The van der Waals surface area contributed by atoms with Gasteiger partial charge in [0.2, 0.25) is 0 Å². The van der Waals surface area contributed by atoms with Gasteiger partial charge in [-0.3, -0.25) is 0 Å². The Morgan fingerprint density at radius 2 is 1.23 bits per heavy atom. The molecule has 164 valence electrons. The van der Waals surface area contributed by atoms with Crippen LogP contribution in [0.3, 0.4) is 0 Å². The van der Waals surface area contributed by atoms with E-state index in [0.29, 0.717) is 5.56 Å². The van der Waals surface area contributed by atoms with Gasteiger partial charge in [-0.1, -0.05) is 64.1 Å². The van der Waals surface area contributed by atoms with Crippen LogP contribution in [-0.4, -0.2) is 29.1 Å². The standard InChI is InChI=1S/C9H7.C7H7NO.2C3H7O.2CH3.Si.Ti/c1-2-5-9-7-3-6-8(9)4-1;8-7(9)6-4-2-1-3-5-6;2*1-3(2)4;;;;/h1-7H;1-5H,(H2,8,9);2*3H,1-2H3;2*1H3;;/q-1;;4*-1;;+2/p-1. The Morgan fingerprint density at radius 3 is 1.60 bits per heavy atom. The summed E-state index contributed by atoms with van der Waals surface area (Å²) in [6, 6.07) is 23.2. The van der Waals surface area contributed by atoms with E-state index < -0.39 is 18.1 Å². The molecular formula is C24H33NO3SiTi-4. The summed E-state index contributed by atoms with van der Waals surface area (Å²) in [5.74, 6) is -0.629. The van der Waals surface area contributed by atoms with E-state index in [9.17, 15) is 15.0 Å². The molecule has 1 N–H and O–H groups in total. The van der Waals surface area contributed by atoms with Crippen molar-refractivity contribution in [3.05, 3.63) is 98.9 Å². The molecule has 4 nitrogen and oxygen atoms in total. The number of nitrogens with one attached hydrogen (secondary N) is 1. The molecule has 0 heterocycles. The third-order valence-corrected chi connectivity index (χ3v) is 2.58. The topological polar surface area (TPSA) is 87.0 Å². The molecule has 0 unspecified atom stereocenters. The Kier molecular flexibility index (Phi) is 30.7. The second-order valence-corrected chi connectivity index (χ2v) is 5.95. The Hall–Kier alpha value is -1.63. The first kappa shape index (κ1) is 38.9. The fraction of sp³-hybridized carbons (Fsp3) is 0.250. The van der Waals surface area contributed by atoms with E-state index in [4.69, 9.17) is 5.73 Å². The normalized spacial score (nSPS) is 8.13. The van der Waals surface area contributed by atoms with Gasteiger partial charge in [0.05, 0.1) is 5.91 Å². The van der Waals surface area contributed by atoms with Crippen molar-refractivity contribution in [3.63, 3.8) is 0 Å². The summed E-state index contributed by atoms with van der Waals surface area (Å²) in [6.07, 6.45) is -0.833. The van der Waals surface area contributed by atoms with Crippen LogP contribution in [0, 0.1) is 14.9 Å². The van der Waals surface area contributed by atoms with E-state index in [1.807, 2.05) is 6.07 Å². The predicted molar refractivity (Wildman–Crippen MR) is 123 cm³/mol. The van der Waals surface area contributed by atoms with E-state index in [2.05, 4.69) is 42.5 Å². The summed E-state index contributed by atoms with van der Waals surface area (Å²) in [4.78, 5) is 10.3. The van der Waals surface area contributed by atoms with Crippen molar-refractivity contribution in [2.45, 2.75) is 39.9 Å². The molecule has 0 fully saturated rings. The number of rotatable bonds is 1. The third-order valence-electron chi connectivity index (χ3n) is 2.58. The average Bonchev–Trinajstić information content (AvgIpc) is 3.04. The second-order valence-electron chi connectivity index (χ2n) is 5.95. The molecule has 0 atom stereocenters. The van der Waals surface area contributed by atoms with Crippen molar-refractivity contribution in [2.24, 2.45) is 0 Å². The monoisotopic (exact) mass is 459 g/mol. The largest absolute Gasteiger partial charge is 2.00 e. The fourth-order valence-electron chi connectivity index (χ4n) is 1.66. The molecule has 3 aromatic carbocycles. The minimum absolute atomic E-state index is 0. The Morgan fingerprint density at radius 1 is 0.833 bits per heavy atom. The maximum Gasteiger partial charge on any atom is 2.00 e. The summed E-state index contributed by atoms with van der Waals surface area (Å²) < 4.78 is 0. The fourth-order valence-corrected chi connectivity index (χ4v) is 1.66. The van der Waals surface area contributed by atoms with Crippen LogP contribution in [0.5, 0.6) is 0 Å². The van der Waals surface area contributed by atoms with Crippen molar-refractivity contribution >= 4 is 27.6 Å². The van der Waals surface area contributed by atoms with Crippen LogP contribution in [-0.2, 0) is 21.7 Å². The summed E-state index contributed by atoms with van der Waals surface area (Å²) in [5.41, 5.74) is 7.12. The third kappa shape index (κ3) is 22.7. The van der Waals surface area contributed by atoms with E-state index in [-0.39, 0.29) is 47.5 Å². The Labute approximate surface area is 202 Å². The quantitative estimate of drug-likeness (QED) is 0.398. The SMILES string of the molecule is CC(C)[O-].CC(C)[O-].[CH3-].[CH3-].[NH-]C(=O)c1ccccc1.[Si].[Ti+2].c1ccc2[cH-]ccc2c1. The van der Waals surface area contributed by atoms with Crippen molar-refractivity contribution in [2.75, 3.05) is 0 Å². The van der Waals surface area contributed by atoms with Crippen LogP contribution in [0.2, 0.25) is 0 Å². The van der Waals surface area contributed by atoms with Crippen LogP contribution in [0.15, 0.2) is 72.8 Å². The molecule has 3 aromatic rings. The number of hydrogen-bond acceptors (Lipinski definition) is 3. The smallest absolute Gasteiger partial charge is 0.852 e. The van der Waals surface area contributed by atoms with Crippen LogP contribution in [0.1, 0.15) is 38.1 Å². The van der Waals surface area contributed by atoms with Crippen molar-refractivity contribution < 1.29 is 36.7 Å². The van der Waals surface area contributed by atoms with Crippen LogP contribution in [0.25, 0.3) is 16.5 Å². The zero-order chi connectivity index (χ0) is 19.9. The number of hydrogen-bond donors (Lipinski definition) is 0. The summed E-state index contributed by atoms with van der Waals surface area (Å²) in [5, 5.41) is 21.7. The first-order valence-electron chi connectivity index (χ1n) is 8.47. The van der Waals surface area contributed by atoms with Crippen LogP contribution >= 0.6 is 0 Å². The van der Waals surface area contributed by atoms with Crippen molar-refractivity contribution in [1.29, 1.82) is 0 Å². The maximum absolute atomic E-state index is 10.3. The number of amides is 1. The molecule has 6 heteroatoms. The zero-order valence-electron chi connectivity index (χ0n) is 18.8. The first-order valence-corrected chi connectivity index (χ1v) is 8.47. The molecular weight excluding hydrogens is 426 g/mol. The van der Waals surface area contributed by atoms with Gasteiger partial charge in [0.15, 0.2) is 0 Å². The van der Waals surface area contributed by atoms with Gasteiger partial charge in [-0.25, -0.2) is 0 Å². The average molecular weight is 459 g/mol. The molecule has 0 aliphatic heterocycles. The van der Waals surface area contributed by atoms with Gasteiger partial charge in [-0.15, -0.1) is 41.9 Å². The molecule has 30 heavy (non-hydrogen) atoms. The van der Waals surface area contributed by atoms with Gasteiger partial charge in [-0.05, 0) is 5.56 Å². The molecule has 1 amide bonds. The van der Waals surface area contributed by atoms with E-state index in [1.54, 1.807) is 52.0 Å². The minimum atomic E-state index is -0.629. The molecule has 0 aromatic heterocycles.